The quantitative estimate of drug-likeness (QED) is 0.291. The predicted molar refractivity (Wildman–Crippen MR) is 152 cm³/mol. The highest BCUT2D eigenvalue weighted by molar-refractivity contribution is 7.86. The number of carbonyl (C=O) groups excluding carboxylic acids is 1. The molecule has 0 saturated carbocycles. The average molecular weight is 659 g/mol. The van der Waals surface area contributed by atoms with E-state index < -0.39 is 46.4 Å². The zero-order valence-corrected chi connectivity index (χ0v) is 25.3. The van der Waals surface area contributed by atoms with Crippen molar-refractivity contribution in [2.75, 3.05) is 26.0 Å². The summed E-state index contributed by atoms with van der Waals surface area (Å²) in [5, 5.41) is 7.17. The molecule has 0 N–H and O–H groups in total. The van der Waals surface area contributed by atoms with Crippen LogP contribution in [0.3, 0.4) is 0 Å². The van der Waals surface area contributed by atoms with Gasteiger partial charge >= 0.3 is 16.3 Å². The van der Waals surface area contributed by atoms with Gasteiger partial charge in [0, 0.05) is 36.5 Å². The van der Waals surface area contributed by atoms with Crippen LogP contribution in [0.4, 0.5) is 13.2 Å². The second-order valence-electron chi connectivity index (χ2n) is 10.1. The summed E-state index contributed by atoms with van der Waals surface area (Å²) in [6, 6.07) is 6.81. The molecule has 1 saturated heterocycles. The molecule has 1 fully saturated rings. The largest absolute Gasteiger partial charge is 0.467 e. The molecule has 2 aliphatic rings. The van der Waals surface area contributed by atoms with Crippen molar-refractivity contribution in [3.63, 3.8) is 0 Å². The third kappa shape index (κ3) is 7.39. The van der Waals surface area contributed by atoms with Crippen molar-refractivity contribution >= 4 is 44.7 Å². The van der Waals surface area contributed by atoms with Crippen LogP contribution in [0.25, 0.3) is 0 Å². The fourth-order valence-electron chi connectivity index (χ4n) is 4.81. The van der Waals surface area contributed by atoms with Crippen molar-refractivity contribution < 1.29 is 40.1 Å². The lowest BCUT2D eigenvalue weighted by Crippen LogP contribution is -2.40. The van der Waals surface area contributed by atoms with Crippen molar-refractivity contribution in [3.05, 3.63) is 68.3 Å². The zero-order valence-electron chi connectivity index (χ0n) is 22.9. The highest BCUT2D eigenvalue weighted by Crippen LogP contribution is 2.41. The monoisotopic (exact) mass is 658 g/mol. The van der Waals surface area contributed by atoms with Gasteiger partial charge in [-0.1, -0.05) is 22.8 Å². The number of piperidine rings is 1. The Morgan fingerprint density at radius 3 is 2.63 bits per heavy atom. The molecule has 1 unspecified atom stereocenters. The molecule has 1 amide bonds. The van der Waals surface area contributed by atoms with Crippen LogP contribution in [0.1, 0.15) is 58.8 Å². The van der Waals surface area contributed by atoms with E-state index in [2.05, 4.69) is 10.1 Å². The van der Waals surface area contributed by atoms with Gasteiger partial charge in [0.1, 0.15) is 11.3 Å². The summed E-state index contributed by atoms with van der Waals surface area (Å²) in [5.74, 6) is -0.883. The number of amides is 1. The van der Waals surface area contributed by atoms with Gasteiger partial charge in [0.2, 0.25) is 5.88 Å². The number of pyridine rings is 1. The molecular weight excluding hydrogens is 633 g/mol. The first kappa shape index (κ1) is 31.0. The maximum atomic E-state index is 13.3. The molecule has 5 rings (SSSR count). The molecule has 43 heavy (non-hydrogen) atoms. The number of nitrogens with zero attached hydrogens (tertiary/aromatic N) is 4. The van der Waals surface area contributed by atoms with Crippen molar-refractivity contribution in [1.29, 1.82) is 0 Å². The van der Waals surface area contributed by atoms with Crippen molar-refractivity contribution in [3.8, 4) is 11.6 Å². The molecule has 2 aromatic heterocycles. The Hall–Kier alpha value is -3.43. The molecular formula is C27H26ClF3N4O6S2. The first-order chi connectivity index (χ1) is 20.3. The van der Waals surface area contributed by atoms with E-state index in [0.717, 1.165) is 17.3 Å². The van der Waals surface area contributed by atoms with Crippen molar-refractivity contribution in [1.82, 2.24) is 14.9 Å². The number of benzene rings is 1. The normalized spacial score (nSPS) is 17.9. The summed E-state index contributed by atoms with van der Waals surface area (Å²) in [5.41, 5.74) is 0.892. The summed E-state index contributed by atoms with van der Waals surface area (Å²) in [4.78, 5) is 28.4. The molecule has 0 radical (unpaired) electrons. The maximum absolute atomic E-state index is 13.3. The number of hydrogen-bond acceptors (Lipinski definition) is 10. The molecule has 2 aliphatic heterocycles. The van der Waals surface area contributed by atoms with E-state index in [9.17, 15) is 26.4 Å². The molecule has 10 nitrogen and oxygen atoms in total. The molecule has 0 spiro atoms. The number of oxime groups is 1. The number of hydrogen-bond donors (Lipinski definition) is 0. The van der Waals surface area contributed by atoms with Crippen LogP contribution >= 0.6 is 22.9 Å². The van der Waals surface area contributed by atoms with E-state index in [1.165, 1.54) is 23.5 Å². The Balaban J connectivity index is 1.17. The molecule has 1 aromatic carbocycles. The second-order valence-corrected chi connectivity index (χ2v) is 13.0. The third-order valence-electron chi connectivity index (χ3n) is 6.90. The van der Waals surface area contributed by atoms with E-state index in [1.54, 1.807) is 24.0 Å². The molecule has 4 heterocycles. The number of aryl methyl sites for hydroxylation is 1. The summed E-state index contributed by atoms with van der Waals surface area (Å²) < 4.78 is 73.6. The summed E-state index contributed by atoms with van der Waals surface area (Å²) in [7, 11) is -3.79. The fraction of sp³-hybridized carbons (Fsp3) is 0.407. The number of alkyl halides is 3. The highest BCUT2D eigenvalue weighted by Gasteiger charge is 2.36. The Bertz CT molecular complexity index is 1660. The van der Waals surface area contributed by atoms with Crippen LogP contribution in [0.5, 0.6) is 11.6 Å². The van der Waals surface area contributed by atoms with Gasteiger partial charge in [-0.3, -0.25) is 4.79 Å². The Morgan fingerprint density at radius 2 is 1.93 bits per heavy atom. The first-order valence-corrected chi connectivity index (χ1v) is 16.2. The van der Waals surface area contributed by atoms with Gasteiger partial charge in [0.25, 0.3) is 5.91 Å². The van der Waals surface area contributed by atoms with E-state index in [1.807, 2.05) is 5.38 Å². The van der Waals surface area contributed by atoms with Crippen LogP contribution in [-0.2, 0) is 25.9 Å². The molecule has 16 heteroatoms. The van der Waals surface area contributed by atoms with Crippen LogP contribution in [-0.4, -0.2) is 60.9 Å². The Labute approximate surface area is 254 Å². The zero-order chi connectivity index (χ0) is 30.9. The van der Waals surface area contributed by atoms with E-state index >= 15 is 0 Å². The van der Waals surface area contributed by atoms with E-state index in [0.29, 0.717) is 55.0 Å². The minimum absolute atomic E-state index is 0.0676. The SMILES string of the molecule is Cc1ccc(C(F)(F)F)c(OCC(=O)N2CCC(c3nc(C4=NOC(c5c(Cl)cccc5OS(C)(=O)=O)C4)cs3)CC2)n1. The second kappa shape index (κ2) is 12.3. The number of carbonyl (C=O) groups is 1. The molecule has 1 atom stereocenters. The lowest BCUT2D eigenvalue weighted by molar-refractivity contribution is -0.141. The summed E-state index contributed by atoms with van der Waals surface area (Å²) >= 11 is 7.81. The molecule has 230 valence electrons. The van der Waals surface area contributed by atoms with Crippen molar-refractivity contribution in [2.45, 2.75) is 44.4 Å². The number of likely N-dealkylation sites (tertiary alicyclic amines) is 1. The number of rotatable bonds is 8. The first-order valence-electron chi connectivity index (χ1n) is 13.1. The van der Waals surface area contributed by atoms with Gasteiger partial charge in [0.05, 0.1) is 27.5 Å². The number of aromatic nitrogens is 2. The van der Waals surface area contributed by atoms with Crippen LogP contribution < -0.4 is 8.92 Å². The topological polar surface area (TPSA) is 120 Å². The van der Waals surface area contributed by atoms with Gasteiger partial charge < -0.3 is 18.7 Å². The van der Waals surface area contributed by atoms with Gasteiger partial charge in [-0.2, -0.15) is 21.6 Å². The van der Waals surface area contributed by atoms with Crippen LogP contribution in [0.15, 0.2) is 40.9 Å². The van der Waals surface area contributed by atoms with Crippen molar-refractivity contribution in [2.24, 2.45) is 5.16 Å². The standard InChI is InChI=1S/C27H26ClF3N4O6S2/c1-15-6-7-17(27(29,30)31)25(32-15)39-13-23(36)35-10-8-16(9-11-35)26-33-20(14-42-26)19-12-22(40-34-19)24-18(28)4-3-5-21(24)41-43(2,37)38/h3-7,14,16,22H,8-13H2,1-2H3. The molecule has 3 aromatic rings. The van der Waals surface area contributed by atoms with E-state index in [4.69, 9.17) is 30.3 Å². The van der Waals surface area contributed by atoms with Crippen LogP contribution in [0.2, 0.25) is 5.02 Å². The molecule has 0 aliphatic carbocycles. The predicted octanol–water partition coefficient (Wildman–Crippen LogP) is 5.51. The van der Waals surface area contributed by atoms with E-state index in [-0.39, 0.29) is 16.7 Å². The number of ether oxygens (including phenoxy) is 1. The highest BCUT2D eigenvalue weighted by atomic mass is 35.5. The average Bonchev–Trinajstić information content (AvgIpc) is 3.61. The van der Waals surface area contributed by atoms with Crippen LogP contribution in [0, 0.1) is 6.92 Å². The lowest BCUT2D eigenvalue weighted by atomic mass is 9.97. The maximum Gasteiger partial charge on any atom is 0.421 e. The minimum Gasteiger partial charge on any atom is -0.467 e. The molecule has 0 bridgehead atoms. The lowest BCUT2D eigenvalue weighted by Gasteiger charge is -2.31. The van der Waals surface area contributed by atoms with Gasteiger partial charge in [-0.25, -0.2) is 9.97 Å². The summed E-state index contributed by atoms with van der Waals surface area (Å²) in [6.07, 6.45) is -2.84. The third-order valence-corrected chi connectivity index (χ3v) is 8.72. The van der Waals surface area contributed by atoms with Gasteiger partial charge in [-0.15, -0.1) is 11.3 Å². The Morgan fingerprint density at radius 1 is 1.19 bits per heavy atom. The Kier molecular flexibility index (Phi) is 8.86. The minimum atomic E-state index is -4.65. The number of halogens is 4. The number of thiazole rings is 1. The van der Waals surface area contributed by atoms with Gasteiger partial charge in [-0.05, 0) is 44.0 Å². The summed E-state index contributed by atoms with van der Waals surface area (Å²) in [6.45, 7) is 1.79. The smallest absolute Gasteiger partial charge is 0.421 e. The van der Waals surface area contributed by atoms with Gasteiger partial charge in [0.15, 0.2) is 18.5 Å². The fourth-order valence-corrected chi connectivity index (χ4v) is 6.57.